The zero-order valence-electron chi connectivity index (χ0n) is 19.9. The fourth-order valence-electron chi connectivity index (χ4n) is 4.26. The molecule has 1 aromatic carbocycles. The first-order valence-corrected chi connectivity index (χ1v) is 11.2. The van der Waals surface area contributed by atoms with Crippen molar-refractivity contribution in [2.75, 3.05) is 40.4 Å². The molecule has 1 atom stereocenters. The number of aryl methyl sites for hydroxylation is 1. The molecule has 1 unspecified atom stereocenters. The third-order valence-electron chi connectivity index (χ3n) is 6.01. The maximum atomic E-state index is 13.4. The second-order valence-electron chi connectivity index (χ2n) is 7.87. The van der Waals surface area contributed by atoms with Crippen LogP contribution in [0.2, 0.25) is 0 Å². The fourth-order valence-corrected chi connectivity index (χ4v) is 4.26. The molecule has 2 aromatic rings. The number of para-hydroxylation sites is 1. The third-order valence-corrected chi connectivity index (χ3v) is 6.01. The van der Waals surface area contributed by atoms with E-state index in [4.69, 9.17) is 13.9 Å². The maximum Gasteiger partial charge on any atom is 0.290 e. The van der Waals surface area contributed by atoms with Gasteiger partial charge < -0.3 is 28.8 Å². The van der Waals surface area contributed by atoms with Crippen molar-refractivity contribution in [3.05, 3.63) is 58.7 Å². The summed E-state index contributed by atoms with van der Waals surface area (Å²) in [5.74, 6) is -0.175. The van der Waals surface area contributed by atoms with Crippen LogP contribution < -0.4 is 9.47 Å². The average molecular weight is 457 g/mol. The maximum absolute atomic E-state index is 13.4. The SMILES string of the molecule is CCN(CC)CCCN1C(=O)C(O)=C(C(=O)c2ccc(C)o2)C1c1cccc(OC)c1OC. The molecule has 33 heavy (non-hydrogen) atoms. The van der Waals surface area contributed by atoms with Crippen molar-refractivity contribution in [3.8, 4) is 11.5 Å². The molecular weight excluding hydrogens is 424 g/mol. The summed E-state index contributed by atoms with van der Waals surface area (Å²) < 4.78 is 16.6. The number of nitrogens with zero attached hydrogens (tertiary/aromatic N) is 2. The van der Waals surface area contributed by atoms with Gasteiger partial charge >= 0.3 is 0 Å². The molecule has 1 amide bonds. The molecule has 1 aliphatic heterocycles. The first kappa shape index (κ1) is 24.4. The molecule has 0 saturated carbocycles. The fraction of sp³-hybridized carbons (Fsp3) is 0.440. The number of hydrogen-bond acceptors (Lipinski definition) is 7. The number of ether oxygens (including phenoxy) is 2. The number of ketones is 1. The summed E-state index contributed by atoms with van der Waals surface area (Å²) in [4.78, 5) is 30.3. The number of Topliss-reactive ketones (excluding diaryl/α,β-unsaturated/α-hetero) is 1. The second kappa shape index (κ2) is 10.6. The Morgan fingerprint density at radius 3 is 2.45 bits per heavy atom. The molecule has 1 aliphatic rings. The number of furan rings is 1. The number of hydrogen-bond donors (Lipinski definition) is 1. The van der Waals surface area contributed by atoms with Gasteiger partial charge in [-0.1, -0.05) is 26.0 Å². The number of benzene rings is 1. The van der Waals surface area contributed by atoms with Gasteiger partial charge in [0, 0.05) is 12.1 Å². The standard InChI is InChI=1S/C25H32N2O6/c1-6-26(7-2)14-9-15-27-21(17-10-8-11-19(31-4)24(17)32-5)20(23(29)25(27)30)22(28)18-13-12-16(3)33-18/h8,10-13,21,29H,6-7,9,14-15H2,1-5H3. The van der Waals surface area contributed by atoms with Crippen molar-refractivity contribution >= 4 is 11.7 Å². The summed E-state index contributed by atoms with van der Waals surface area (Å²) in [6.45, 7) is 8.87. The minimum Gasteiger partial charge on any atom is -0.503 e. The Hall–Kier alpha value is -3.26. The van der Waals surface area contributed by atoms with Crippen LogP contribution in [-0.2, 0) is 4.79 Å². The molecule has 2 heterocycles. The minimum atomic E-state index is -0.836. The Bertz CT molecular complexity index is 1040. The van der Waals surface area contributed by atoms with Gasteiger partial charge in [-0.25, -0.2) is 0 Å². The van der Waals surface area contributed by atoms with Gasteiger partial charge in [0.05, 0.1) is 25.8 Å². The summed E-state index contributed by atoms with van der Waals surface area (Å²) in [6.07, 6.45) is 0.685. The van der Waals surface area contributed by atoms with Crippen molar-refractivity contribution in [1.82, 2.24) is 9.80 Å². The van der Waals surface area contributed by atoms with Gasteiger partial charge in [0.2, 0.25) is 5.78 Å². The molecule has 0 saturated heterocycles. The van der Waals surface area contributed by atoms with Crippen LogP contribution in [0.15, 0.2) is 46.1 Å². The van der Waals surface area contributed by atoms with Crippen LogP contribution >= 0.6 is 0 Å². The van der Waals surface area contributed by atoms with Crippen LogP contribution in [0, 0.1) is 6.92 Å². The highest BCUT2D eigenvalue weighted by Crippen LogP contribution is 2.45. The molecule has 1 N–H and O–H groups in total. The number of aliphatic hydroxyl groups is 1. The average Bonchev–Trinajstić information content (AvgIpc) is 3.37. The van der Waals surface area contributed by atoms with Gasteiger partial charge in [-0.2, -0.15) is 0 Å². The van der Waals surface area contributed by atoms with E-state index in [1.807, 2.05) is 0 Å². The number of carbonyl (C=O) groups excluding carboxylic acids is 2. The Labute approximate surface area is 194 Å². The smallest absolute Gasteiger partial charge is 0.290 e. The van der Waals surface area contributed by atoms with Gasteiger partial charge in [0.25, 0.3) is 5.91 Å². The number of aliphatic hydroxyl groups excluding tert-OH is 1. The van der Waals surface area contributed by atoms with E-state index in [0.29, 0.717) is 35.8 Å². The topological polar surface area (TPSA) is 92.5 Å². The molecule has 0 bridgehead atoms. The largest absolute Gasteiger partial charge is 0.503 e. The number of rotatable bonds is 11. The van der Waals surface area contributed by atoms with Gasteiger partial charge in [-0.15, -0.1) is 0 Å². The van der Waals surface area contributed by atoms with Crippen LogP contribution in [0.5, 0.6) is 11.5 Å². The van der Waals surface area contributed by atoms with Gasteiger partial charge in [-0.05, 0) is 51.2 Å². The van der Waals surface area contributed by atoms with Crippen LogP contribution in [0.3, 0.4) is 0 Å². The van der Waals surface area contributed by atoms with E-state index in [-0.39, 0.29) is 11.3 Å². The van der Waals surface area contributed by atoms with E-state index in [2.05, 4.69) is 18.7 Å². The van der Waals surface area contributed by atoms with E-state index in [1.54, 1.807) is 37.3 Å². The molecule has 0 spiro atoms. The Morgan fingerprint density at radius 2 is 1.88 bits per heavy atom. The van der Waals surface area contributed by atoms with E-state index in [1.165, 1.54) is 19.1 Å². The number of methoxy groups -OCH3 is 2. The van der Waals surface area contributed by atoms with Gasteiger partial charge in [0.1, 0.15) is 5.76 Å². The van der Waals surface area contributed by atoms with E-state index >= 15 is 0 Å². The van der Waals surface area contributed by atoms with Gasteiger partial charge in [-0.3, -0.25) is 9.59 Å². The van der Waals surface area contributed by atoms with Crippen molar-refractivity contribution < 1.29 is 28.6 Å². The normalized spacial score (nSPS) is 16.1. The van der Waals surface area contributed by atoms with Crippen molar-refractivity contribution in [2.45, 2.75) is 33.2 Å². The lowest BCUT2D eigenvalue weighted by Crippen LogP contribution is -2.34. The van der Waals surface area contributed by atoms with Crippen LogP contribution in [0.1, 0.15) is 48.2 Å². The van der Waals surface area contributed by atoms with E-state index < -0.39 is 23.5 Å². The predicted octanol–water partition coefficient (Wildman–Crippen LogP) is 3.92. The predicted molar refractivity (Wildman–Crippen MR) is 124 cm³/mol. The van der Waals surface area contributed by atoms with Crippen LogP contribution in [-0.4, -0.2) is 67.0 Å². The zero-order valence-corrected chi connectivity index (χ0v) is 19.9. The summed E-state index contributed by atoms with van der Waals surface area (Å²) in [7, 11) is 3.03. The summed E-state index contributed by atoms with van der Waals surface area (Å²) in [5, 5.41) is 10.8. The summed E-state index contributed by atoms with van der Waals surface area (Å²) >= 11 is 0. The van der Waals surface area contributed by atoms with Crippen molar-refractivity contribution in [2.24, 2.45) is 0 Å². The zero-order chi connectivity index (χ0) is 24.1. The van der Waals surface area contributed by atoms with Crippen LogP contribution in [0.25, 0.3) is 0 Å². The van der Waals surface area contributed by atoms with Gasteiger partial charge in [0.15, 0.2) is 23.0 Å². The highest BCUT2D eigenvalue weighted by molar-refractivity contribution is 6.15. The minimum absolute atomic E-state index is 0.0243. The van der Waals surface area contributed by atoms with E-state index in [0.717, 1.165) is 19.6 Å². The molecular formula is C25H32N2O6. The Kier molecular flexibility index (Phi) is 7.81. The lowest BCUT2D eigenvalue weighted by Gasteiger charge is -2.29. The van der Waals surface area contributed by atoms with Crippen LogP contribution in [0.4, 0.5) is 0 Å². The molecule has 0 radical (unpaired) electrons. The second-order valence-corrected chi connectivity index (χ2v) is 7.87. The first-order valence-electron chi connectivity index (χ1n) is 11.2. The molecule has 3 rings (SSSR count). The highest BCUT2D eigenvalue weighted by atomic mass is 16.5. The number of carbonyl (C=O) groups is 2. The molecule has 0 fully saturated rings. The molecule has 8 nitrogen and oxygen atoms in total. The molecule has 1 aromatic heterocycles. The Balaban J connectivity index is 2.06. The highest BCUT2D eigenvalue weighted by Gasteiger charge is 2.45. The molecule has 0 aliphatic carbocycles. The quantitative estimate of drug-likeness (QED) is 0.513. The number of amides is 1. The Morgan fingerprint density at radius 1 is 1.15 bits per heavy atom. The van der Waals surface area contributed by atoms with E-state index in [9.17, 15) is 14.7 Å². The molecule has 178 valence electrons. The summed E-state index contributed by atoms with van der Waals surface area (Å²) in [5.41, 5.74) is 0.535. The first-order chi connectivity index (χ1) is 15.9. The lowest BCUT2D eigenvalue weighted by molar-refractivity contribution is -0.129. The lowest BCUT2D eigenvalue weighted by atomic mass is 9.94. The summed E-state index contributed by atoms with van der Waals surface area (Å²) in [6, 6.07) is 7.66. The van der Waals surface area contributed by atoms with Crippen molar-refractivity contribution in [1.29, 1.82) is 0 Å². The van der Waals surface area contributed by atoms with Crippen molar-refractivity contribution in [3.63, 3.8) is 0 Å². The third kappa shape index (κ3) is 4.75. The monoisotopic (exact) mass is 456 g/mol. The molecule has 8 heteroatoms.